The molecule has 5 N–H and O–H groups in total. The summed E-state index contributed by atoms with van der Waals surface area (Å²) in [6.07, 6.45) is -8.93. The van der Waals surface area contributed by atoms with Gasteiger partial charge in [0.05, 0.1) is 0 Å². The molecule has 0 saturated carbocycles. The van der Waals surface area contributed by atoms with Gasteiger partial charge in [-0.15, -0.1) is 0 Å². The molecule has 0 aromatic heterocycles. The molecule has 2 aromatic rings. The number of carboxylic acid groups (broad SMARTS) is 1. The van der Waals surface area contributed by atoms with Gasteiger partial charge in [0.25, 0.3) is 0 Å². The van der Waals surface area contributed by atoms with Crippen molar-refractivity contribution in [2.45, 2.75) is 56.7 Å². The summed E-state index contributed by atoms with van der Waals surface area (Å²) in [5.41, 5.74) is 0. The van der Waals surface area contributed by atoms with E-state index in [-0.39, 0.29) is 12.6 Å². The van der Waals surface area contributed by atoms with Crippen molar-refractivity contribution >= 4 is 16.7 Å². The van der Waals surface area contributed by atoms with E-state index in [0.717, 1.165) is 10.8 Å². The SMILES string of the molecule is CC(C)NCC(COc1cccc2ccccc12)O[C@H]1OC(C(=O)O)[C@H](O)C(O)[C@H]1O. The molecule has 1 saturated heterocycles. The number of ether oxygens (including phenoxy) is 3. The molecule has 3 unspecified atom stereocenters. The summed E-state index contributed by atoms with van der Waals surface area (Å²) in [4.78, 5) is 11.3. The maximum atomic E-state index is 11.3. The molecule has 3 rings (SSSR count). The van der Waals surface area contributed by atoms with Crippen molar-refractivity contribution in [2.24, 2.45) is 0 Å². The zero-order valence-electron chi connectivity index (χ0n) is 17.4. The summed E-state index contributed by atoms with van der Waals surface area (Å²) < 4.78 is 17.0. The van der Waals surface area contributed by atoms with Gasteiger partial charge in [0, 0.05) is 18.0 Å². The summed E-state index contributed by atoms with van der Waals surface area (Å²) in [6, 6.07) is 13.6. The van der Waals surface area contributed by atoms with Crippen molar-refractivity contribution < 1.29 is 39.4 Å². The van der Waals surface area contributed by atoms with Crippen LogP contribution in [0.25, 0.3) is 10.8 Å². The molecule has 0 radical (unpaired) electrons. The van der Waals surface area contributed by atoms with E-state index in [0.29, 0.717) is 12.3 Å². The molecular weight excluding hydrogens is 406 g/mol. The predicted octanol–water partition coefficient (Wildman–Crippen LogP) is 0.494. The molecule has 170 valence electrons. The quantitative estimate of drug-likeness (QED) is 0.381. The van der Waals surface area contributed by atoms with E-state index in [1.807, 2.05) is 56.3 Å². The summed E-state index contributed by atoms with van der Waals surface area (Å²) >= 11 is 0. The third kappa shape index (κ3) is 5.70. The monoisotopic (exact) mass is 435 g/mol. The zero-order valence-corrected chi connectivity index (χ0v) is 17.4. The molecule has 31 heavy (non-hydrogen) atoms. The number of fused-ring (bicyclic) bond motifs is 1. The van der Waals surface area contributed by atoms with Gasteiger partial charge in [0.2, 0.25) is 0 Å². The Hall–Kier alpha value is -2.27. The number of rotatable bonds is 9. The number of nitrogens with one attached hydrogen (secondary N) is 1. The van der Waals surface area contributed by atoms with Crippen LogP contribution in [0.3, 0.4) is 0 Å². The van der Waals surface area contributed by atoms with Crippen LogP contribution in [0.5, 0.6) is 5.75 Å². The van der Waals surface area contributed by atoms with Crippen molar-refractivity contribution in [2.75, 3.05) is 13.2 Å². The Morgan fingerprint density at radius 2 is 1.77 bits per heavy atom. The first-order chi connectivity index (χ1) is 14.8. The van der Waals surface area contributed by atoms with Crippen LogP contribution in [0, 0.1) is 0 Å². The lowest BCUT2D eigenvalue weighted by molar-refractivity contribution is -0.305. The van der Waals surface area contributed by atoms with Gasteiger partial charge in [-0.25, -0.2) is 4.79 Å². The largest absolute Gasteiger partial charge is 0.490 e. The van der Waals surface area contributed by atoms with Gasteiger partial charge in [0.15, 0.2) is 12.4 Å². The number of benzene rings is 2. The Labute approximate surface area is 180 Å². The van der Waals surface area contributed by atoms with Crippen LogP contribution in [0.4, 0.5) is 0 Å². The average molecular weight is 435 g/mol. The van der Waals surface area contributed by atoms with E-state index in [4.69, 9.17) is 14.2 Å². The molecule has 0 spiro atoms. The van der Waals surface area contributed by atoms with Crippen LogP contribution >= 0.6 is 0 Å². The lowest BCUT2D eigenvalue weighted by Gasteiger charge is -2.39. The number of aliphatic hydroxyl groups excluding tert-OH is 3. The maximum Gasteiger partial charge on any atom is 0.335 e. The van der Waals surface area contributed by atoms with Gasteiger partial charge >= 0.3 is 5.97 Å². The third-order valence-electron chi connectivity index (χ3n) is 5.07. The maximum absolute atomic E-state index is 11.3. The number of hydrogen-bond acceptors (Lipinski definition) is 8. The van der Waals surface area contributed by atoms with Crippen molar-refractivity contribution in [3.05, 3.63) is 42.5 Å². The van der Waals surface area contributed by atoms with Gasteiger partial charge in [0.1, 0.15) is 36.8 Å². The fourth-order valence-corrected chi connectivity index (χ4v) is 3.37. The fraction of sp³-hybridized carbons (Fsp3) is 0.500. The Morgan fingerprint density at radius 3 is 2.48 bits per heavy atom. The van der Waals surface area contributed by atoms with Crippen molar-refractivity contribution in [3.8, 4) is 5.75 Å². The second-order valence-electron chi connectivity index (χ2n) is 7.84. The first-order valence-corrected chi connectivity index (χ1v) is 10.2. The highest BCUT2D eigenvalue weighted by Gasteiger charge is 2.48. The van der Waals surface area contributed by atoms with Crippen LogP contribution in [-0.4, -0.2) is 82.4 Å². The van der Waals surface area contributed by atoms with Crippen molar-refractivity contribution in [3.63, 3.8) is 0 Å². The number of aliphatic carboxylic acids is 1. The second kappa shape index (κ2) is 10.4. The molecule has 0 bridgehead atoms. The Morgan fingerprint density at radius 1 is 1.06 bits per heavy atom. The Bertz CT molecular complexity index is 870. The topological polar surface area (TPSA) is 138 Å². The summed E-state index contributed by atoms with van der Waals surface area (Å²) in [6.45, 7) is 4.31. The van der Waals surface area contributed by atoms with Gasteiger partial charge in [-0.3, -0.25) is 0 Å². The van der Waals surface area contributed by atoms with Crippen LogP contribution in [0.15, 0.2) is 42.5 Å². The fourth-order valence-electron chi connectivity index (χ4n) is 3.37. The number of aliphatic hydroxyl groups is 3. The van der Waals surface area contributed by atoms with Gasteiger partial charge in [-0.05, 0) is 11.5 Å². The molecule has 1 aliphatic rings. The predicted molar refractivity (Wildman–Crippen MR) is 112 cm³/mol. The number of carboxylic acids is 1. The lowest BCUT2D eigenvalue weighted by Crippen LogP contribution is -2.61. The van der Waals surface area contributed by atoms with E-state index >= 15 is 0 Å². The third-order valence-corrected chi connectivity index (χ3v) is 5.07. The van der Waals surface area contributed by atoms with Gasteiger partial charge < -0.3 is 40.0 Å². The van der Waals surface area contributed by atoms with Crippen molar-refractivity contribution in [1.82, 2.24) is 5.32 Å². The number of carbonyl (C=O) groups is 1. The summed E-state index contributed by atoms with van der Waals surface area (Å²) in [7, 11) is 0. The summed E-state index contributed by atoms with van der Waals surface area (Å²) in [5, 5.41) is 44.5. The average Bonchev–Trinajstić information content (AvgIpc) is 2.75. The van der Waals surface area contributed by atoms with E-state index in [2.05, 4.69) is 5.32 Å². The minimum atomic E-state index is -1.77. The number of hydrogen-bond donors (Lipinski definition) is 5. The van der Waals surface area contributed by atoms with E-state index in [1.54, 1.807) is 0 Å². The standard InChI is InChI=1S/C22H29NO8/c1-12(2)23-10-14(11-29-16-9-5-7-13-6-3-4-8-15(13)16)30-22-19(26)17(24)18(25)20(31-22)21(27)28/h3-9,12,14,17-20,22-26H,10-11H2,1-2H3,(H,27,28)/t14?,17?,18-,19-,20?,22+/m1/s1. The lowest BCUT2D eigenvalue weighted by atomic mass is 9.99. The Kier molecular flexibility index (Phi) is 7.82. The molecule has 1 heterocycles. The smallest absolute Gasteiger partial charge is 0.335 e. The van der Waals surface area contributed by atoms with Gasteiger partial charge in [-0.2, -0.15) is 0 Å². The van der Waals surface area contributed by atoms with E-state index < -0.39 is 42.8 Å². The van der Waals surface area contributed by atoms with Crippen LogP contribution in [0.1, 0.15) is 13.8 Å². The molecule has 0 aliphatic carbocycles. The first-order valence-electron chi connectivity index (χ1n) is 10.2. The van der Waals surface area contributed by atoms with Crippen LogP contribution in [-0.2, 0) is 14.3 Å². The first kappa shape index (κ1) is 23.4. The highest BCUT2D eigenvalue weighted by molar-refractivity contribution is 5.88. The van der Waals surface area contributed by atoms with Crippen molar-refractivity contribution in [1.29, 1.82) is 0 Å². The minimum Gasteiger partial charge on any atom is -0.490 e. The molecular formula is C22H29NO8. The molecule has 6 atom stereocenters. The molecule has 9 heteroatoms. The normalized spacial score (nSPS) is 27.4. The second-order valence-corrected chi connectivity index (χ2v) is 7.84. The highest BCUT2D eigenvalue weighted by atomic mass is 16.7. The zero-order chi connectivity index (χ0) is 22.5. The Balaban J connectivity index is 1.73. The van der Waals surface area contributed by atoms with E-state index in [9.17, 15) is 25.2 Å². The molecule has 2 aromatic carbocycles. The molecule has 0 amide bonds. The van der Waals surface area contributed by atoms with E-state index in [1.165, 1.54) is 0 Å². The molecule has 9 nitrogen and oxygen atoms in total. The highest BCUT2D eigenvalue weighted by Crippen LogP contribution is 2.26. The minimum absolute atomic E-state index is 0.0801. The van der Waals surface area contributed by atoms with Gasteiger partial charge in [-0.1, -0.05) is 50.2 Å². The molecule has 1 aliphatic heterocycles. The van der Waals surface area contributed by atoms with Crippen LogP contribution in [0.2, 0.25) is 0 Å². The van der Waals surface area contributed by atoms with Crippen LogP contribution < -0.4 is 10.1 Å². The summed E-state index contributed by atoms with van der Waals surface area (Å²) in [5.74, 6) is -0.809. The molecule has 1 fully saturated rings.